The monoisotopic (exact) mass is 360 g/mol. The molecule has 2 heterocycles. The van der Waals surface area contributed by atoms with Crippen LogP contribution in [0.15, 0.2) is 16.2 Å². The van der Waals surface area contributed by atoms with E-state index in [1.807, 2.05) is 37.4 Å². The van der Waals surface area contributed by atoms with Crippen LogP contribution in [0.3, 0.4) is 0 Å². The number of nitriles is 1. The number of thiophene rings is 1. The fraction of sp³-hybridized carbons (Fsp3) is 0.389. The van der Waals surface area contributed by atoms with Crippen LogP contribution in [0.25, 0.3) is 11.6 Å². The van der Waals surface area contributed by atoms with E-state index in [2.05, 4.69) is 0 Å². The molecule has 126 valence electrons. The second-order valence-corrected chi connectivity index (χ2v) is 8.48. The molecule has 0 saturated carbocycles. The first-order valence-corrected chi connectivity index (χ1v) is 9.35. The molecule has 0 atom stereocenters. The van der Waals surface area contributed by atoms with Gasteiger partial charge in [0, 0.05) is 16.8 Å². The van der Waals surface area contributed by atoms with Crippen LogP contribution in [0.5, 0.6) is 0 Å². The van der Waals surface area contributed by atoms with E-state index in [9.17, 15) is 14.9 Å². The van der Waals surface area contributed by atoms with Gasteiger partial charge >= 0.3 is 0 Å². The van der Waals surface area contributed by atoms with Crippen LogP contribution in [-0.4, -0.2) is 10.4 Å². The van der Waals surface area contributed by atoms with Crippen molar-refractivity contribution in [3.8, 4) is 6.07 Å². The third-order valence-corrected chi connectivity index (χ3v) is 5.72. The predicted octanol–water partition coefficient (Wildman–Crippen LogP) is 2.42. The minimum absolute atomic E-state index is 0.0639. The topological polar surface area (TPSA) is 62.9 Å². The Morgan fingerprint density at radius 1 is 1.42 bits per heavy atom. The summed E-state index contributed by atoms with van der Waals surface area (Å²) in [7, 11) is 0. The average molecular weight is 361 g/mol. The smallest absolute Gasteiger partial charge is 0.269 e. The summed E-state index contributed by atoms with van der Waals surface area (Å²) in [6, 6.07) is 4.02. The van der Waals surface area contributed by atoms with Crippen LogP contribution >= 0.6 is 22.7 Å². The van der Waals surface area contributed by atoms with Gasteiger partial charge in [0.15, 0.2) is 5.78 Å². The predicted molar refractivity (Wildman–Crippen MR) is 99.6 cm³/mol. The van der Waals surface area contributed by atoms with Crippen molar-refractivity contribution in [2.75, 3.05) is 0 Å². The first kappa shape index (κ1) is 18.4. The lowest BCUT2D eigenvalue weighted by molar-refractivity contribution is -0.120. The minimum atomic E-state index is -0.669. The van der Waals surface area contributed by atoms with Crippen LogP contribution in [0.4, 0.5) is 0 Å². The number of carbonyl (C=O) groups is 1. The van der Waals surface area contributed by atoms with E-state index in [0.717, 1.165) is 10.4 Å². The summed E-state index contributed by atoms with van der Waals surface area (Å²) in [6.07, 6.45) is 1.85. The molecule has 2 aromatic heterocycles. The van der Waals surface area contributed by atoms with Crippen molar-refractivity contribution in [3.63, 3.8) is 0 Å². The van der Waals surface area contributed by atoms with Gasteiger partial charge in [-0.05, 0) is 36.9 Å². The highest BCUT2D eigenvalue weighted by Crippen LogP contribution is 2.19. The fourth-order valence-electron chi connectivity index (χ4n) is 2.21. The van der Waals surface area contributed by atoms with Crippen LogP contribution < -0.4 is 14.8 Å². The van der Waals surface area contributed by atoms with Crippen LogP contribution in [0.2, 0.25) is 0 Å². The number of hydrogen-bond acceptors (Lipinski definition) is 5. The number of carbonyl (C=O) groups excluding carboxylic acids is 1. The molecule has 4 nitrogen and oxygen atoms in total. The Bertz CT molecular complexity index is 992. The van der Waals surface area contributed by atoms with Gasteiger partial charge in [-0.3, -0.25) is 14.2 Å². The number of Topliss-reactive ketones (excluding diaryl/α,β-unsaturated/α-hetero) is 1. The Morgan fingerprint density at radius 3 is 2.54 bits per heavy atom. The second-order valence-electron chi connectivity index (χ2n) is 6.50. The van der Waals surface area contributed by atoms with E-state index in [-0.39, 0.29) is 16.9 Å². The third-order valence-electron chi connectivity index (χ3n) is 3.62. The van der Waals surface area contributed by atoms with Crippen molar-refractivity contribution < 1.29 is 4.79 Å². The summed E-state index contributed by atoms with van der Waals surface area (Å²) in [5.74, 6) is -0.243. The summed E-state index contributed by atoms with van der Waals surface area (Å²) in [5, 5.41) is 11.5. The van der Waals surface area contributed by atoms with Gasteiger partial charge in [0.1, 0.15) is 16.3 Å². The first-order chi connectivity index (χ1) is 11.2. The van der Waals surface area contributed by atoms with Crippen LogP contribution in [0, 0.1) is 23.7 Å². The summed E-state index contributed by atoms with van der Waals surface area (Å²) in [6.45, 7) is 9.58. The highest BCUT2D eigenvalue weighted by molar-refractivity contribution is 7.11. The number of aromatic nitrogens is 1. The number of thiazole rings is 1. The number of hydrogen-bond donors (Lipinski definition) is 0. The number of rotatable bonds is 3. The van der Waals surface area contributed by atoms with Crippen molar-refractivity contribution in [3.05, 3.63) is 41.4 Å². The summed E-state index contributed by atoms with van der Waals surface area (Å²) < 4.78 is 2.51. The Labute approximate surface area is 149 Å². The molecule has 0 fully saturated rings. The van der Waals surface area contributed by atoms with Gasteiger partial charge in [-0.2, -0.15) is 5.26 Å². The molecule has 0 amide bonds. The van der Waals surface area contributed by atoms with Crippen LogP contribution in [-0.2, 0) is 11.3 Å². The van der Waals surface area contributed by atoms with Gasteiger partial charge in [-0.15, -0.1) is 22.7 Å². The lowest BCUT2D eigenvalue weighted by Gasteiger charge is -2.15. The van der Waals surface area contributed by atoms with Gasteiger partial charge < -0.3 is 0 Å². The average Bonchev–Trinajstić information content (AvgIpc) is 3.04. The van der Waals surface area contributed by atoms with Crippen molar-refractivity contribution in [1.82, 2.24) is 4.57 Å². The third kappa shape index (κ3) is 3.42. The molecule has 24 heavy (non-hydrogen) atoms. The quantitative estimate of drug-likeness (QED) is 0.844. The molecular weight excluding hydrogens is 340 g/mol. The molecule has 0 aromatic carbocycles. The summed E-state index contributed by atoms with van der Waals surface area (Å²) in [5.41, 5.74) is 0.346. The Hall–Kier alpha value is -1.97. The van der Waals surface area contributed by atoms with Gasteiger partial charge in [0.05, 0.1) is 4.53 Å². The molecule has 0 bridgehead atoms. The molecule has 0 radical (unpaired) electrons. The maximum Gasteiger partial charge on any atom is 0.269 e. The van der Waals surface area contributed by atoms with Crippen molar-refractivity contribution in [1.29, 1.82) is 5.26 Å². The zero-order valence-electron chi connectivity index (χ0n) is 14.5. The molecule has 6 heteroatoms. The Morgan fingerprint density at radius 2 is 2.08 bits per heavy atom. The van der Waals surface area contributed by atoms with Crippen molar-refractivity contribution in [2.24, 2.45) is 5.41 Å². The normalized spacial score (nSPS) is 13.8. The van der Waals surface area contributed by atoms with E-state index in [1.54, 1.807) is 32.1 Å². The Balaban J connectivity index is 2.85. The van der Waals surface area contributed by atoms with E-state index in [4.69, 9.17) is 0 Å². The highest BCUT2D eigenvalue weighted by Gasteiger charge is 2.27. The molecule has 2 aromatic rings. The van der Waals surface area contributed by atoms with Crippen molar-refractivity contribution >= 4 is 40.1 Å². The molecule has 0 saturated heterocycles. The molecular formula is C18H20N2O2S2. The lowest BCUT2D eigenvalue weighted by atomic mass is 9.87. The molecule has 0 aliphatic heterocycles. The molecule has 0 aliphatic rings. The van der Waals surface area contributed by atoms with Crippen molar-refractivity contribution in [2.45, 2.75) is 41.2 Å². The second kappa shape index (κ2) is 6.88. The molecule has 0 N–H and O–H groups in total. The minimum Gasteiger partial charge on any atom is -0.298 e. The summed E-state index contributed by atoms with van der Waals surface area (Å²) >= 11 is 2.78. The standard InChI is InChI=1S/C18H20N2O2S2/c1-6-20-16(22)14(9-13-11(2)7-8-23-13)24-17(20)12(10-19)15(21)18(3,4)5/h7-9H,6H2,1-5H3/b14-9-,17-12+. The van der Waals surface area contributed by atoms with Gasteiger partial charge in [-0.25, -0.2) is 0 Å². The maximum absolute atomic E-state index is 12.7. The van der Waals surface area contributed by atoms with E-state index in [1.165, 1.54) is 15.9 Å². The Kier molecular flexibility index (Phi) is 5.26. The molecule has 0 unspecified atom stereocenters. The number of ketones is 1. The van der Waals surface area contributed by atoms with E-state index < -0.39 is 5.41 Å². The fourth-order valence-corrected chi connectivity index (χ4v) is 4.29. The van der Waals surface area contributed by atoms with Gasteiger partial charge in [-0.1, -0.05) is 20.8 Å². The molecule has 2 rings (SSSR count). The zero-order valence-corrected chi connectivity index (χ0v) is 16.1. The van der Waals surface area contributed by atoms with E-state index in [0.29, 0.717) is 15.7 Å². The number of aryl methyl sites for hydroxylation is 1. The largest absolute Gasteiger partial charge is 0.298 e. The van der Waals surface area contributed by atoms with Gasteiger partial charge in [0.25, 0.3) is 5.56 Å². The summed E-state index contributed by atoms with van der Waals surface area (Å²) in [4.78, 5) is 26.3. The van der Waals surface area contributed by atoms with Gasteiger partial charge in [0.2, 0.25) is 0 Å². The number of nitrogens with zero attached hydrogens (tertiary/aromatic N) is 2. The first-order valence-electron chi connectivity index (χ1n) is 7.65. The lowest BCUT2D eigenvalue weighted by Crippen LogP contribution is -2.33. The zero-order chi connectivity index (χ0) is 18.1. The van der Waals surface area contributed by atoms with E-state index >= 15 is 0 Å². The maximum atomic E-state index is 12.7. The molecule has 0 spiro atoms. The van der Waals surface area contributed by atoms with Crippen LogP contribution in [0.1, 0.15) is 38.1 Å². The SMILES string of the molecule is CCn1c(=O)/c(=C/c2sccc2C)s/c1=C(\C#N)C(=O)C(C)(C)C. The highest BCUT2D eigenvalue weighted by atomic mass is 32.1. The molecule has 0 aliphatic carbocycles.